The molecule has 134 valence electrons. The molecule has 0 aliphatic heterocycles. The Morgan fingerprint density at radius 2 is 2.07 bits per heavy atom. The highest BCUT2D eigenvalue weighted by atomic mass is 32.1. The first kappa shape index (κ1) is 17.1. The second kappa shape index (κ2) is 7.13. The lowest BCUT2D eigenvalue weighted by molar-refractivity contribution is 0.102. The number of carbonyl (C=O) groups excluding carboxylic acids is 1. The van der Waals surface area contributed by atoms with E-state index in [1.54, 1.807) is 29.8 Å². The van der Waals surface area contributed by atoms with Gasteiger partial charge in [0.2, 0.25) is 5.55 Å². The van der Waals surface area contributed by atoms with Crippen molar-refractivity contribution in [1.82, 2.24) is 4.98 Å². The Morgan fingerprint density at radius 3 is 2.89 bits per heavy atom. The van der Waals surface area contributed by atoms with Crippen molar-refractivity contribution in [2.75, 3.05) is 5.32 Å². The number of aromatic nitrogens is 1. The van der Waals surface area contributed by atoms with Crippen LogP contribution in [0.4, 0.5) is 15.2 Å². The van der Waals surface area contributed by atoms with E-state index in [1.807, 2.05) is 25.1 Å². The van der Waals surface area contributed by atoms with Crippen LogP contribution in [0, 0.1) is 12.7 Å². The van der Waals surface area contributed by atoms with E-state index in [0.717, 1.165) is 10.9 Å². The minimum atomic E-state index is -0.408. The number of halogens is 1. The van der Waals surface area contributed by atoms with Crippen molar-refractivity contribution >= 4 is 39.0 Å². The second-order valence-corrected chi connectivity index (χ2v) is 6.73. The molecule has 4 rings (SSSR count). The Balaban J connectivity index is 1.90. The van der Waals surface area contributed by atoms with Crippen LogP contribution in [-0.4, -0.2) is 10.9 Å². The summed E-state index contributed by atoms with van der Waals surface area (Å²) in [6.07, 6.45) is 1.60. The predicted molar refractivity (Wildman–Crippen MR) is 103 cm³/mol. The quantitative estimate of drug-likeness (QED) is 0.555. The number of hydrogen-bond acceptors (Lipinski definition) is 5. The molecule has 0 spiro atoms. The highest BCUT2D eigenvalue weighted by Gasteiger charge is 2.14. The Hall–Kier alpha value is -3.32. The normalized spacial score (nSPS) is 11.7. The van der Waals surface area contributed by atoms with Crippen molar-refractivity contribution < 1.29 is 13.6 Å². The average molecular weight is 379 g/mol. The summed E-state index contributed by atoms with van der Waals surface area (Å²) in [5, 5.41) is 5.73. The third-order valence-corrected chi connectivity index (χ3v) is 4.64. The fourth-order valence-electron chi connectivity index (χ4n) is 2.58. The number of amides is 1. The van der Waals surface area contributed by atoms with E-state index < -0.39 is 11.7 Å². The molecule has 1 amide bonds. The molecular formula is C20H14FN3O2S. The summed E-state index contributed by atoms with van der Waals surface area (Å²) in [6.45, 7) is 1.81. The Morgan fingerprint density at radius 1 is 1.22 bits per heavy atom. The fraction of sp³-hybridized carbons (Fsp3) is 0.0500. The first-order chi connectivity index (χ1) is 13.1. The van der Waals surface area contributed by atoms with Gasteiger partial charge in [0.15, 0.2) is 5.13 Å². The second-order valence-electron chi connectivity index (χ2n) is 5.84. The van der Waals surface area contributed by atoms with Gasteiger partial charge in [0.1, 0.15) is 17.0 Å². The standard InChI is InChI=1S/C20H14FN3O2S/c1-12-6-7-14(21)11-16(12)23-19-15(18(25)24-20-22-8-9-27-20)10-13-4-2-3-5-17(13)26-19/h2-11H,1H3,(H,22,24,25). The monoisotopic (exact) mass is 379 g/mol. The number of para-hydroxylation sites is 1. The number of nitrogens with one attached hydrogen (secondary N) is 1. The van der Waals surface area contributed by atoms with Gasteiger partial charge < -0.3 is 4.42 Å². The van der Waals surface area contributed by atoms with Crippen molar-refractivity contribution in [3.63, 3.8) is 0 Å². The maximum Gasteiger partial charge on any atom is 0.262 e. The third kappa shape index (κ3) is 3.63. The topological polar surface area (TPSA) is 67.5 Å². The number of thiazole rings is 1. The molecule has 0 fully saturated rings. The lowest BCUT2D eigenvalue weighted by atomic mass is 10.1. The van der Waals surface area contributed by atoms with Gasteiger partial charge in [-0.3, -0.25) is 10.1 Å². The maximum absolute atomic E-state index is 13.6. The number of rotatable bonds is 3. The summed E-state index contributed by atoms with van der Waals surface area (Å²) in [5.41, 5.74) is 2.10. The van der Waals surface area contributed by atoms with E-state index >= 15 is 0 Å². The molecule has 4 aromatic rings. The largest absolute Gasteiger partial charge is 0.438 e. The molecule has 0 aliphatic carbocycles. The summed E-state index contributed by atoms with van der Waals surface area (Å²) >= 11 is 1.31. The van der Waals surface area contributed by atoms with E-state index in [4.69, 9.17) is 4.42 Å². The van der Waals surface area contributed by atoms with Gasteiger partial charge in [-0.15, -0.1) is 11.3 Å². The van der Waals surface area contributed by atoms with Gasteiger partial charge in [-0.1, -0.05) is 24.3 Å². The molecule has 27 heavy (non-hydrogen) atoms. The van der Waals surface area contributed by atoms with Crippen molar-refractivity contribution in [1.29, 1.82) is 0 Å². The number of aryl methyl sites for hydroxylation is 1. The molecule has 7 heteroatoms. The Kier molecular flexibility index (Phi) is 4.52. The van der Waals surface area contributed by atoms with Gasteiger partial charge >= 0.3 is 0 Å². The third-order valence-electron chi connectivity index (χ3n) is 3.95. The lowest BCUT2D eigenvalue weighted by Gasteiger charge is -2.06. The van der Waals surface area contributed by atoms with Crippen molar-refractivity contribution in [3.05, 3.63) is 82.6 Å². The smallest absolute Gasteiger partial charge is 0.262 e. The Labute approximate surface area is 157 Å². The molecule has 2 aromatic heterocycles. The van der Waals surface area contributed by atoms with Crippen LogP contribution in [0.3, 0.4) is 0 Å². The van der Waals surface area contributed by atoms with Gasteiger partial charge in [0.05, 0.1) is 5.69 Å². The number of fused-ring (bicyclic) bond motifs is 1. The summed E-state index contributed by atoms with van der Waals surface area (Å²) in [6, 6.07) is 13.3. The molecule has 5 nitrogen and oxygen atoms in total. The highest BCUT2D eigenvalue weighted by Crippen LogP contribution is 2.20. The van der Waals surface area contributed by atoms with E-state index in [2.05, 4.69) is 15.3 Å². The van der Waals surface area contributed by atoms with Crippen LogP contribution in [0.25, 0.3) is 11.0 Å². The zero-order valence-corrected chi connectivity index (χ0v) is 15.1. The maximum atomic E-state index is 13.6. The summed E-state index contributed by atoms with van der Waals surface area (Å²) in [4.78, 5) is 21.3. The molecule has 1 N–H and O–H groups in total. The van der Waals surface area contributed by atoms with Crippen LogP contribution in [0.2, 0.25) is 0 Å². The summed E-state index contributed by atoms with van der Waals surface area (Å²) < 4.78 is 19.5. The van der Waals surface area contributed by atoms with E-state index in [1.165, 1.54) is 23.5 Å². The number of nitrogens with zero attached hydrogens (tertiary/aromatic N) is 2. The molecule has 2 aromatic carbocycles. The van der Waals surface area contributed by atoms with Crippen LogP contribution in [0.1, 0.15) is 15.9 Å². The molecule has 0 unspecified atom stereocenters. The first-order valence-corrected chi connectivity index (χ1v) is 9.03. The molecular weight excluding hydrogens is 365 g/mol. The number of carbonyl (C=O) groups is 1. The molecule has 0 saturated heterocycles. The lowest BCUT2D eigenvalue weighted by Crippen LogP contribution is -2.21. The minimum absolute atomic E-state index is 0.108. The van der Waals surface area contributed by atoms with E-state index in [-0.39, 0.29) is 11.1 Å². The van der Waals surface area contributed by atoms with Crippen LogP contribution < -0.4 is 10.9 Å². The summed E-state index contributed by atoms with van der Waals surface area (Å²) in [7, 11) is 0. The molecule has 2 heterocycles. The molecule has 0 atom stereocenters. The molecule has 0 saturated carbocycles. The van der Waals surface area contributed by atoms with Crippen LogP contribution in [-0.2, 0) is 0 Å². The van der Waals surface area contributed by atoms with Crippen molar-refractivity contribution in [3.8, 4) is 0 Å². The van der Waals surface area contributed by atoms with Crippen LogP contribution in [0.5, 0.6) is 0 Å². The van der Waals surface area contributed by atoms with Crippen LogP contribution in [0.15, 0.2) is 69.5 Å². The minimum Gasteiger partial charge on any atom is -0.438 e. The first-order valence-electron chi connectivity index (χ1n) is 8.15. The Bertz CT molecular complexity index is 1200. The highest BCUT2D eigenvalue weighted by molar-refractivity contribution is 7.13. The fourth-order valence-corrected chi connectivity index (χ4v) is 3.10. The zero-order valence-electron chi connectivity index (χ0n) is 14.3. The molecule has 0 aliphatic rings. The van der Waals surface area contributed by atoms with Gasteiger partial charge in [0, 0.05) is 17.0 Å². The van der Waals surface area contributed by atoms with Crippen molar-refractivity contribution in [2.45, 2.75) is 6.92 Å². The van der Waals surface area contributed by atoms with Gasteiger partial charge in [-0.05, 0) is 36.8 Å². The molecule has 0 radical (unpaired) electrons. The van der Waals surface area contributed by atoms with Crippen LogP contribution >= 0.6 is 11.3 Å². The zero-order chi connectivity index (χ0) is 18.8. The van der Waals surface area contributed by atoms with Crippen molar-refractivity contribution in [2.24, 2.45) is 4.99 Å². The number of hydrogen-bond donors (Lipinski definition) is 1. The van der Waals surface area contributed by atoms with Gasteiger partial charge in [0.25, 0.3) is 5.91 Å². The average Bonchev–Trinajstić information content (AvgIpc) is 3.17. The molecule has 0 bridgehead atoms. The van der Waals surface area contributed by atoms with Gasteiger partial charge in [-0.25, -0.2) is 14.4 Å². The SMILES string of the molecule is Cc1ccc(F)cc1N=c1oc2ccccc2cc1C(=O)Nc1nccs1. The van der Waals surface area contributed by atoms with E-state index in [9.17, 15) is 9.18 Å². The predicted octanol–water partition coefficient (Wildman–Crippen LogP) is 4.82. The summed E-state index contributed by atoms with van der Waals surface area (Å²) in [5.74, 6) is -0.804. The van der Waals surface area contributed by atoms with Gasteiger partial charge in [-0.2, -0.15) is 0 Å². The van der Waals surface area contributed by atoms with E-state index in [0.29, 0.717) is 16.4 Å². The number of anilines is 1. The number of benzene rings is 2.